The number of amides is 4. The molecule has 0 aliphatic rings. The maximum Gasteiger partial charge on any atom is 0.272 e. The first-order valence-electron chi connectivity index (χ1n) is 12.8. The van der Waals surface area contributed by atoms with Crippen molar-refractivity contribution in [3.05, 3.63) is 130 Å². The highest BCUT2D eigenvalue weighted by molar-refractivity contribution is 9.10. The number of anilines is 2. The summed E-state index contributed by atoms with van der Waals surface area (Å²) < 4.78 is 0.883. The predicted molar refractivity (Wildman–Crippen MR) is 170 cm³/mol. The third kappa shape index (κ3) is 8.42. The van der Waals surface area contributed by atoms with Crippen molar-refractivity contribution in [2.75, 3.05) is 10.6 Å². The molecule has 0 saturated carbocycles. The number of nitrogens with two attached hydrogens (primary N) is 1. The number of halogens is 1. The number of carbonyl (C=O) groups is 4. The van der Waals surface area contributed by atoms with Crippen molar-refractivity contribution in [1.29, 1.82) is 0 Å². The normalized spacial score (nSPS) is 11.7. The molecule has 0 aromatic heterocycles. The van der Waals surface area contributed by atoms with Crippen LogP contribution in [0.4, 0.5) is 11.4 Å². The molecule has 42 heavy (non-hydrogen) atoms. The molecule has 10 heteroatoms. The van der Waals surface area contributed by atoms with Crippen LogP contribution in [-0.4, -0.2) is 28.9 Å². The van der Waals surface area contributed by atoms with E-state index in [1.807, 2.05) is 30.3 Å². The molecule has 4 rings (SSSR count). The molecule has 8 nitrogen and oxygen atoms in total. The minimum Gasteiger partial charge on any atom is -0.366 e. The predicted octanol–water partition coefficient (Wildman–Crippen LogP) is 6.08. The fourth-order valence-corrected chi connectivity index (χ4v) is 5.00. The molecule has 0 aliphatic carbocycles. The molecule has 4 amide bonds. The van der Waals surface area contributed by atoms with E-state index in [9.17, 15) is 19.2 Å². The standard InChI is InChI=1S/C32H27BrN4O4S/c1-20(30(39)36-27-13-6-5-12-26(27)29(34)38)42-25-11-7-10-24(19-25)35-32(41)28(18-21-14-16-23(33)17-15-21)37-31(40)22-8-3-2-4-9-22/h2-20H,1H3,(H2,34,38)(H,35,41)(H,36,39)(H,37,40)/b28-18+. The average molecular weight is 644 g/mol. The minimum atomic E-state index is -0.636. The van der Waals surface area contributed by atoms with Crippen molar-refractivity contribution in [2.24, 2.45) is 5.73 Å². The van der Waals surface area contributed by atoms with E-state index in [0.29, 0.717) is 16.9 Å². The Balaban J connectivity index is 1.48. The number of hydrogen-bond acceptors (Lipinski definition) is 5. The number of thioether (sulfide) groups is 1. The molecule has 0 bridgehead atoms. The van der Waals surface area contributed by atoms with E-state index in [1.54, 1.807) is 85.8 Å². The molecule has 0 heterocycles. The highest BCUT2D eigenvalue weighted by Crippen LogP contribution is 2.27. The molecule has 4 aromatic carbocycles. The largest absolute Gasteiger partial charge is 0.366 e. The van der Waals surface area contributed by atoms with Gasteiger partial charge in [-0.1, -0.05) is 64.5 Å². The van der Waals surface area contributed by atoms with Gasteiger partial charge in [0.15, 0.2) is 0 Å². The molecule has 0 aliphatic heterocycles. The minimum absolute atomic E-state index is 0.0603. The molecule has 1 unspecified atom stereocenters. The Kier molecular flexibility index (Phi) is 10.3. The third-order valence-corrected chi connectivity index (χ3v) is 7.56. The van der Waals surface area contributed by atoms with Crippen LogP contribution in [0.1, 0.15) is 33.2 Å². The summed E-state index contributed by atoms with van der Waals surface area (Å²) >= 11 is 4.68. The second-order valence-electron chi connectivity index (χ2n) is 9.07. The molecule has 0 spiro atoms. The zero-order chi connectivity index (χ0) is 30.1. The molecule has 212 valence electrons. The number of carbonyl (C=O) groups excluding carboxylic acids is 4. The topological polar surface area (TPSA) is 130 Å². The van der Waals surface area contributed by atoms with Gasteiger partial charge in [-0.3, -0.25) is 19.2 Å². The Bertz CT molecular complexity index is 1640. The molecule has 4 aromatic rings. The van der Waals surface area contributed by atoms with Gasteiger partial charge in [-0.25, -0.2) is 0 Å². The van der Waals surface area contributed by atoms with Gasteiger partial charge in [-0.05, 0) is 73.2 Å². The summed E-state index contributed by atoms with van der Waals surface area (Å²) in [5.74, 6) is -1.89. The number of nitrogens with one attached hydrogen (secondary N) is 3. The zero-order valence-electron chi connectivity index (χ0n) is 22.5. The Morgan fingerprint density at radius 2 is 1.52 bits per heavy atom. The van der Waals surface area contributed by atoms with Crippen LogP contribution in [0.15, 0.2) is 118 Å². The Morgan fingerprint density at radius 3 is 2.24 bits per heavy atom. The molecule has 1 atom stereocenters. The van der Waals surface area contributed by atoms with Crippen molar-refractivity contribution >= 4 is 68.8 Å². The van der Waals surface area contributed by atoms with Gasteiger partial charge >= 0.3 is 0 Å². The van der Waals surface area contributed by atoms with Crippen LogP contribution >= 0.6 is 27.7 Å². The van der Waals surface area contributed by atoms with Gasteiger partial charge in [-0.15, -0.1) is 11.8 Å². The summed E-state index contributed by atoms with van der Waals surface area (Å²) in [7, 11) is 0. The van der Waals surface area contributed by atoms with E-state index < -0.39 is 23.0 Å². The Morgan fingerprint density at radius 1 is 0.833 bits per heavy atom. The van der Waals surface area contributed by atoms with Crippen molar-refractivity contribution in [1.82, 2.24) is 5.32 Å². The fraction of sp³-hybridized carbons (Fsp3) is 0.0625. The highest BCUT2D eigenvalue weighted by atomic mass is 79.9. The SMILES string of the molecule is CC(Sc1cccc(NC(=O)/C(=C\c2ccc(Br)cc2)NC(=O)c2ccccc2)c1)C(=O)Nc1ccccc1C(N)=O. The number of primary amides is 1. The van der Waals surface area contributed by atoms with Gasteiger partial charge in [0.25, 0.3) is 17.7 Å². The van der Waals surface area contributed by atoms with Gasteiger partial charge in [0, 0.05) is 20.6 Å². The Hall–Kier alpha value is -4.67. The molecule has 0 radical (unpaired) electrons. The average Bonchev–Trinajstić information content (AvgIpc) is 2.98. The molecule has 5 N–H and O–H groups in total. The van der Waals surface area contributed by atoms with Crippen LogP contribution in [0, 0.1) is 0 Å². The lowest BCUT2D eigenvalue weighted by Crippen LogP contribution is -2.30. The Labute approximate surface area is 255 Å². The number of benzene rings is 4. The lowest BCUT2D eigenvalue weighted by molar-refractivity contribution is -0.115. The van der Waals surface area contributed by atoms with Gasteiger partial charge in [0.2, 0.25) is 5.91 Å². The van der Waals surface area contributed by atoms with Gasteiger partial charge in [0.05, 0.1) is 16.5 Å². The zero-order valence-corrected chi connectivity index (χ0v) is 24.9. The summed E-state index contributed by atoms with van der Waals surface area (Å²) in [6.45, 7) is 1.73. The number of rotatable bonds is 10. The second kappa shape index (κ2) is 14.3. The summed E-state index contributed by atoms with van der Waals surface area (Å²) in [4.78, 5) is 51.5. The summed E-state index contributed by atoms with van der Waals surface area (Å²) in [5, 5.41) is 7.78. The van der Waals surface area contributed by atoms with E-state index in [1.165, 1.54) is 11.8 Å². The maximum atomic E-state index is 13.4. The molecule has 0 saturated heterocycles. The number of hydrogen-bond donors (Lipinski definition) is 4. The van der Waals surface area contributed by atoms with E-state index in [2.05, 4.69) is 31.9 Å². The van der Waals surface area contributed by atoms with Crippen molar-refractivity contribution in [3.8, 4) is 0 Å². The van der Waals surface area contributed by atoms with Crippen molar-refractivity contribution < 1.29 is 19.2 Å². The molecular weight excluding hydrogens is 616 g/mol. The molecule has 0 fully saturated rings. The first-order valence-corrected chi connectivity index (χ1v) is 14.5. The van der Waals surface area contributed by atoms with Gasteiger partial charge < -0.3 is 21.7 Å². The van der Waals surface area contributed by atoms with Crippen LogP contribution in [-0.2, 0) is 9.59 Å². The van der Waals surface area contributed by atoms with Crippen molar-refractivity contribution in [2.45, 2.75) is 17.1 Å². The van der Waals surface area contributed by atoms with Crippen molar-refractivity contribution in [3.63, 3.8) is 0 Å². The lowest BCUT2D eigenvalue weighted by Gasteiger charge is -2.15. The van der Waals surface area contributed by atoms with E-state index in [4.69, 9.17) is 5.73 Å². The monoisotopic (exact) mass is 642 g/mol. The van der Waals surface area contributed by atoms with Crippen LogP contribution < -0.4 is 21.7 Å². The summed E-state index contributed by atoms with van der Waals surface area (Å²) in [5.41, 5.74) is 7.65. The van der Waals surface area contributed by atoms with E-state index in [0.717, 1.165) is 14.9 Å². The lowest BCUT2D eigenvalue weighted by atomic mass is 10.1. The quantitative estimate of drug-likeness (QED) is 0.123. The van der Waals surface area contributed by atoms with Gasteiger partial charge in [0.1, 0.15) is 5.70 Å². The third-order valence-electron chi connectivity index (χ3n) is 5.93. The summed E-state index contributed by atoms with van der Waals surface area (Å²) in [6, 6.07) is 29.5. The maximum absolute atomic E-state index is 13.4. The van der Waals surface area contributed by atoms with Crippen LogP contribution in [0.5, 0.6) is 0 Å². The van der Waals surface area contributed by atoms with E-state index in [-0.39, 0.29) is 17.2 Å². The molecular formula is C32H27BrN4O4S. The second-order valence-corrected chi connectivity index (χ2v) is 11.4. The first-order chi connectivity index (χ1) is 20.2. The van der Waals surface area contributed by atoms with Crippen LogP contribution in [0.3, 0.4) is 0 Å². The highest BCUT2D eigenvalue weighted by Gasteiger charge is 2.19. The smallest absolute Gasteiger partial charge is 0.272 e. The van der Waals surface area contributed by atoms with E-state index >= 15 is 0 Å². The first kappa shape index (κ1) is 30.3. The summed E-state index contributed by atoms with van der Waals surface area (Å²) in [6.07, 6.45) is 1.59. The van der Waals surface area contributed by atoms with Crippen LogP contribution in [0.25, 0.3) is 6.08 Å². The van der Waals surface area contributed by atoms with Gasteiger partial charge in [-0.2, -0.15) is 0 Å². The van der Waals surface area contributed by atoms with Crippen LogP contribution in [0.2, 0.25) is 0 Å². The fourth-order valence-electron chi connectivity index (χ4n) is 3.81. The number of para-hydroxylation sites is 1.